The van der Waals surface area contributed by atoms with E-state index in [1.165, 1.54) is 24.1 Å². The molecule has 0 aromatic heterocycles. The third-order valence-electron chi connectivity index (χ3n) is 6.02. The maximum absolute atomic E-state index is 14.6. The van der Waals surface area contributed by atoms with Crippen molar-refractivity contribution < 1.29 is 28.6 Å². The number of rotatable bonds is 8. The first-order valence-corrected chi connectivity index (χ1v) is 11.2. The van der Waals surface area contributed by atoms with Crippen molar-refractivity contribution in [2.75, 3.05) is 25.5 Å². The molecule has 0 atom stereocenters. The summed E-state index contributed by atoms with van der Waals surface area (Å²) in [4.78, 5) is 36.8. The van der Waals surface area contributed by atoms with Crippen LogP contribution < -0.4 is 5.32 Å². The molecule has 0 bridgehead atoms. The number of carboxylic acids is 1. The molecular weight excluding hydrogens is 451 g/mol. The number of hydrogen-bond acceptors (Lipinski definition) is 4. The van der Waals surface area contributed by atoms with Crippen molar-refractivity contribution >= 4 is 23.7 Å². The summed E-state index contributed by atoms with van der Waals surface area (Å²) in [6.07, 6.45) is -0.542. The number of amides is 2. The van der Waals surface area contributed by atoms with E-state index in [2.05, 4.69) is 5.32 Å². The van der Waals surface area contributed by atoms with Crippen LogP contribution in [0.3, 0.4) is 0 Å². The standard InChI is InChI=1S/C27H25FN2O5/c1-30(14-6-11-25(31)32)26(33)22-13-12-17(15-24(22)28)29-27(34)35-16-23-20-9-4-2-7-18(20)19-8-3-5-10-21(19)23/h2-5,7-10,12-13,15,23H,6,11,14,16H2,1H3,(H,29,34)(H,31,32). The van der Waals surface area contributed by atoms with Gasteiger partial charge in [0.1, 0.15) is 12.4 Å². The highest BCUT2D eigenvalue weighted by atomic mass is 19.1. The first-order chi connectivity index (χ1) is 16.8. The van der Waals surface area contributed by atoms with Crippen LogP contribution in [0, 0.1) is 5.82 Å². The predicted octanol–water partition coefficient (Wildman–Crippen LogP) is 5.12. The first kappa shape index (κ1) is 23.9. The number of aliphatic carboxylic acids is 1. The molecule has 1 aliphatic carbocycles. The first-order valence-electron chi connectivity index (χ1n) is 11.2. The van der Waals surface area contributed by atoms with Gasteiger partial charge in [0, 0.05) is 31.6 Å². The smallest absolute Gasteiger partial charge is 0.411 e. The zero-order valence-electron chi connectivity index (χ0n) is 19.2. The van der Waals surface area contributed by atoms with Crippen molar-refractivity contribution in [2.45, 2.75) is 18.8 Å². The van der Waals surface area contributed by atoms with Crippen LogP contribution in [-0.2, 0) is 9.53 Å². The summed E-state index contributed by atoms with van der Waals surface area (Å²) in [7, 11) is 1.48. The lowest BCUT2D eigenvalue weighted by molar-refractivity contribution is -0.137. The topological polar surface area (TPSA) is 95.9 Å². The fourth-order valence-electron chi connectivity index (χ4n) is 4.29. The number of ether oxygens (including phenoxy) is 1. The van der Waals surface area contributed by atoms with Gasteiger partial charge in [-0.3, -0.25) is 14.9 Å². The minimum atomic E-state index is -0.958. The summed E-state index contributed by atoms with van der Waals surface area (Å²) < 4.78 is 20.1. The minimum absolute atomic E-state index is 0.0803. The van der Waals surface area contributed by atoms with E-state index in [1.54, 1.807) is 0 Å². The maximum atomic E-state index is 14.6. The predicted molar refractivity (Wildman–Crippen MR) is 129 cm³/mol. The highest BCUT2D eigenvalue weighted by molar-refractivity contribution is 5.95. The number of hydrogen-bond donors (Lipinski definition) is 2. The van der Waals surface area contributed by atoms with E-state index < -0.39 is 23.8 Å². The van der Waals surface area contributed by atoms with Crippen molar-refractivity contribution in [1.82, 2.24) is 4.90 Å². The molecule has 0 radical (unpaired) electrons. The average Bonchev–Trinajstić information content (AvgIpc) is 3.16. The van der Waals surface area contributed by atoms with Gasteiger partial charge in [-0.25, -0.2) is 9.18 Å². The molecule has 2 amide bonds. The number of fused-ring (bicyclic) bond motifs is 3. The van der Waals surface area contributed by atoms with E-state index >= 15 is 0 Å². The summed E-state index contributed by atoms with van der Waals surface area (Å²) in [5.74, 6) is -2.42. The molecule has 0 heterocycles. The van der Waals surface area contributed by atoms with E-state index in [4.69, 9.17) is 9.84 Å². The zero-order valence-corrected chi connectivity index (χ0v) is 19.2. The molecule has 0 saturated heterocycles. The van der Waals surface area contributed by atoms with Gasteiger partial charge in [-0.05, 0) is 46.9 Å². The van der Waals surface area contributed by atoms with Gasteiger partial charge in [-0.1, -0.05) is 48.5 Å². The lowest BCUT2D eigenvalue weighted by Gasteiger charge is -2.17. The maximum Gasteiger partial charge on any atom is 0.411 e. The largest absolute Gasteiger partial charge is 0.481 e. The van der Waals surface area contributed by atoms with Gasteiger partial charge in [-0.15, -0.1) is 0 Å². The van der Waals surface area contributed by atoms with E-state index in [-0.39, 0.29) is 43.2 Å². The Hall–Kier alpha value is -4.20. The number of nitrogens with zero attached hydrogens (tertiary/aromatic N) is 1. The number of halogens is 1. The number of benzene rings is 3. The molecule has 3 aromatic carbocycles. The Labute approximate surface area is 202 Å². The fraction of sp³-hybridized carbons (Fsp3) is 0.222. The Balaban J connectivity index is 1.36. The van der Waals surface area contributed by atoms with E-state index in [1.807, 2.05) is 48.5 Å². The van der Waals surface area contributed by atoms with Crippen LogP contribution in [0.25, 0.3) is 11.1 Å². The normalized spacial score (nSPS) is 11.9. The number of carboxylic acid groups (broad SMARTS) is 1. The van der Waals surface area contributed by atoms with Crippen LogP contribution >= 0.6 is 0 Å². The van der Waals surface area contributed by atoms with Crippen LogP contribution in [0.4, 0.5) is 14.9 Å². The fourth-order valence-corrected chi connectivity index (χ4v) is 4.29. The number of nitrogens with one attached hydrogen (secondary N) is 1. The van der Waals surface area contributed by atoms with Gasteiger partial charge in [0.2, 0.25) is 0 Å². The van der Waals surface area contributed by atoms with Crippen LogP contribution in [0.5, 0.6) is 0 Å². The van der Waals surface area contributed by atoms with Crippen molar-refractivity contribution in [3.63, 3.8) is 0 Å². The minimum Gasteiger partial charge on any atom is -0.481 e. The summed E-state index contributed by atoms with van der Waals surface area (Å²) in [5, 5.41) is 11.2. The molecule has 7 nitrogen and oxygen atoms in total. The lowest BCUT2D eigenvalue weighted by atomic mass is 9.98. The summed E-state index contributed by atoms with van der Waals surface area (Å²) in [6, 6.07) is 19.7. The quantitative estimate of drug-likeness (QED) is 0.470. The highest BCUT2D eigenvalue weighted by Gasteiger charge is 2.29. The lowest BCUT2D eigenvalue weighted by Crippen LogP contribution is -2.29. The van der Waals surface area contributed by atoms with Crippen LogP contribution in [0.2, 0.25) is 0 Å². The van der Waals surface area contributed by atoms with Crippen LogP contribution in [0.15, 0.2) is 66.7 Å². The van der Waals surface area contributed by atoms with E-state index in [9.17, 15) is 18.8 Å². The molecule has 1 aliphatic rings. The van der Waals surface area contributed by atoms with Gasteiger partial charge in [0.05, 0.1) is 5.56 Å². The van der Waals surface area contributed by atoms with Gasteiger partial charge < -0.3 is 14.7 Å². The molecular formula is C27H25FN2O5. The average molecular weight is 477 g/mol. The second-order valence-electron chi connectivity index (χ2n) is 8.37. The molecule has 0 unspecified atom stereocenters. The Morgan fingerprint density at radius 1 is 1.00 bits per heavy atom. The third kappa shape index (κ3) is 5.32. The van der Waals surface area contributed by atoms with E-state index in [0.29, 0.717) is 0 Å². The Bertz CT molecular complexity index is 1230. The Morgan fingerprint density at radius 2 is 1.63 bits per heavy atom. The Morgan fingerprint density at radius 3 is 2.23 bits per heavy atom. The summed E-state index contributed by atoms with van der Waals surface area (Å²) in [6.45, 7) is 0.310. The molecule has 0 fully saturated rings. The second kappa shape index (κ2) is 10.4. The van der Waals surface area contributed by atoms with Crippen LogP contribution in [0.1, 0.15) is 40.2 Å². The molecule has 3 aromatic rings. The molecule has 0 aliphatic heterocycles. The van der Waals surface area contributed by atoms with Crippen molar-refractivity contribution in [3.05, 3.63) is 89.2 Å². The summed E-state index contributed by atoms with van der Waals surface area (Å²) in [5.41, 5.74) is 4.40. The molecule has 180 valence electrons. The van der Waals surface area contributed by atoms with Gasteiger partial charge >= 0.3 is 12.1 Å². The molecule has 2 N–H and O–H groups in total. The molecule has 0 saturated carbocycles. The number of carbonyl (C=O) groups is 3. The van der Waals surface area contributed by atoms with Gasteiger partial charge in [0.25, 0.3) is 5.91 Å². The van der Waals surface area contributed by atoms with Gasteiger partial charge in [-0.2, -0.15) is 0 Å². The Kier molecular flexibility index (Phi) is 7.10. The molecule has 4 rings (SSSR count). The van der Waals surface area contributed by atoms with Gasteiger partial charge in [0.15, 0.2) is 0 Å². The monoisotopic (exact) mass is 476 g/mol. The third-order valence-corrected chi connectivity index (χ3v) is 6.02. The van der Waals surface area contributed by atoms with Crippen molar-refractivity contribution in [1.29, 1.82) is 0 Å². The zero-order chi connectivity index (χ0) is 24.9. The van der Waals surface area contributed by atoms with Crippen molar-refractivity contribution in [3.8, 4) is 11.1 Å². The van der Waals surface area contributed by atoms with E-state index in [0.717, 1.165) is 28.3 Å². The van der Waals surface area contributed by atoms with Crippen molar-refractivity contribution in [2.24, 2.45) is 0 Å². The summed E-state index contributed by atoms with van der Waals surface area (Å²) >= 11 is 0. The molecule has 0 spiro atoms. The SMILES string of the molecule is CN(CCCC(=O)O)C(=O)c1ccc(NC(=O)OCC2c3ccccc3-c3ccccc32)cc1F. The highest BCUT2D eigenvalue weighted by Crippen LogP contribution is 2.44. The number of anilines is 1. The second-order valence-corrected chi connectivity index (χ2v) is 8.37. The number of carbonyl (C=O) groups excluding carboxylic acids is 2. The van der Waals surface area contributed by atoms with Crippen LogP contribution in [-0.4, -0.2) is 48.2 Å². The molecule has 35 heavy (non-hydrogen) atoms. The molecule has 8 heteroatoms.